The molecule has 0 aromatic rings. The number of rotatable bonds is 0. The second-order valence-electron chi connectivity index (χ2n) is 0.180. The third kappa shape index (κ3) is 575. The Hall–Kier alpha value is 0.850. The summed E-state index contributed by atoms with van der Waals surface area (Å²) in [7, 11) is 0. The van der Waals surface area contributed by atoms with E-state index in [-0.39, 0.29) is 74.1 Å². The molecule has 0 bridgehead atoms. The largest absolute Gasteiger partial charge is 1.00 e. The van der Waals surface area contributed by atoms with Gasteiger partial charge in [-0.15, -0.1) is 0 Å². The molecular formula is C3H7Na2O4+. The molecule has 0 amide bonds. The molecule has 0 rings (SSSR count). The van der Waals surface area contributed by atoms with Crippen molar-refractivity contribution in [3.05, 3.63) is 0 Å². The van der Waals surface area contributed by atoms with Crippen LogP contribution in [0, 0.1) is 0 Å². The molecule has 0 N–H and O–H groups in total. The zero-order valence-corrected chi connectivity index (χ0v) is 8.71. The first-order valence-corrected chi connectivity index (χ1v) is 0.880. The van der Waals surface area contributed by atoms with Crippen LogP contribution in [-0.2, 0) is 14.4 Å². The molecule has 0 heterocycles. The fraction of sp³-hybridized carbons (Fsp3) is 0.333. The summed E-state index contributed by atoms with van der Waals surface area (Å²) in [6.07, 6.45) is 0.250. The van der Waals surface area contributed by atoms with E-state index < -0.39 is 6.47 Å². The van der Waals surface area contributed by atoms with E-state index in [0.717, 1.165) is 0 Å². The van der Waals surface area contributed by atoms with Gasteiger partial charge in [-0.25, -0.2) is 0 Å². The van der Waals surface area contributed by atoms with Crippen molar-refractivity contribution >= 4 is 12.6 Å². The van der Waals surface area contributed by atoms with Crippen LogP contribution in [0.15, 0.2) is 0 Å². The van der Waals surface area contributed by atoms with E-state index in [0.29, 0.717) is 0 Å². The van der Waals surface area contributed by atoms with E-state index in [4.69, 9.17) is 19.5 Å². The SMILES string of the molecule is C.O=C=O.O=C[O-].[HH].[Na+].[Na+]. The number of hydrogen-bond donors (Lipinski definition) is 0. The molecule has 0 fully saturated rings. The van der Waals surface area contributed by atoms with Crippen LogP contribution in [0.4, 0.5) is 0 Å². The minimum atomic E-state index is -0.500. The van der Waals surface area contributed by atoms with Gasteiger partial charge in [0.2, 0.25) is 0 Å². The summed E-state index contributed by atoms with van der Waals surface area (Å²) >= 11 is 0. The minimum absolute atomic E-state index is 0. The van der Waals surface area contributed by atoms with Crippen molar-refractivity contribution in [1.29, 1.82) is 0 Å². The number of carbonyl (C=O) groups is 1. The van der Waals surface area contributed by atoms with Crippen LogP contribution in [0.25, 0.3) is 0 Å². The van der Waals surface area contributed by atoms with Crippen molar-refractivity contribution in [2.45, 2.75) is 7.43 Å². The van der Waals surface area contributed by atoms with Crippen LogP contribution < -0.4 is 64.2 Å². The molecule has 0 aromatic heterocycles. The molecule has 0 aromatic carbocycles. The maximum Gasteiger partial charge on any atom is 1.00 e. The average Bonchev–Trinajstić information content (AvgIpc) is 1.39. The third-order valence-corrected chi connectivity index (χ3v) is 0. The first-order valence-electron chi connectivity index (χ1n) is 0.880. The standard InChI is InChI=1S/CH2O2.CO2.CH4.2Na.H2/c2*2-1-3;;;;/h1H,(H,2,3);;1H4;;;1H/q;;;2*+1;/p-1. The molecule has 6 heteroatoms. The van der Waals surface area contributed by atoms with Crippen molar-refractivity contribution in [1.82, 2.24) is 0 Å². The van der Waals surface area contributed by atoms with Gasteiger partial charge in [-0.05, 0) is 0 Å². The van der Waals surface area contributed by atoms with Crippen LogP contribution in [0.2, 0.25) is 0 Å². The molecule has 0 aliphatic rings. The minimum Gasteiger partial charge on any atom is -0.554 e. The third-order valence-electron chi connectivity index (χ3n) is 0. The van der Waals surface area contributed by atoms with Gasteiger partial charge in [-0.1, -0.05) is 7.43 Å². The van der Waals surface area contributed by atoms with Crippen molar-refractivity contribution in [3.8, 4) is 0 Å². The molecule has 0 aliphatic heterocycles. The Balaban J connectivity index is -0.00000000571. The molecule has 0 aliphatic carbocycles. The van der Waals surface area contributed by atoms with Gasteiger partial charge in [-0.3, -0.25) is 0 Å². The van der Waals surface area contributed by atoms with Gasteiger partial charge < -0.3 is 9.90 Å². The summed E-state index contributed by atoms with van der Waals surface area (Å²) in [6, 6.07) is 0. The van der Waals surface area contributed by atoms with Gasteiger partial charge in [0.25, 0.3) is 0 Å². The van der Waals surface area contributed by atoms with E-state index in [1.807, 2.05) is 0 Å². The Bertz CT molecular complexity index is 63.5. The fourth-order valence-electron chi connectivity index (χ4n) is 0. The smallest absolute Gasteiger partial charge is 0.554 e. The molecule has 0 radical (unpaired) electrons. The van der Waals surface area contributed by atoms with Crippen LogP contribution in [0.3, 0.4) is 0 Å². The zero-order chi connectivity index (χ0) is 5.41. The van der Waals surface area contributed by atoms with Gasteiger partial charge in [0, 0.05) is 7.90 Å². The van der Waals surface area contributed by atoms with E-state index in [1.54, 1.807) is 0 Å². The molecule has 0 saturated carbocycles. The Morgan fingerprint density at radius 2 is 1.33 bits per heavy atom. The molecule has 0 saturated heterocycles. The summed E-state index contributed by atoms with van der Waals surface area (Å²) in [6.45, 7) is -0.500. The van der Waals surface area contributed by atoms with Crippen molar-refractivity contribution in [2.24, 2.45) is 0 Å². The summed E-state index contributed by atoms with van der Waals surface area (Å²) in [4.78, 5) is 24.5. The van der Waals surface area contributed by atoms with Gasteiger partial charge in [0.1, 0.15) is 0 Å². The van der Waals surface area contributed by atoms with Crippen LogP contribution in [0.1, 0.15) is 8.85 Å². The van der Waals surface area contributed by atoms with E-state index >= 15 is 0 Å². The first kappa shape index (κ1) is 32.8. The fourth-order valence-corrected chi connectivity index (χ4v) is 0. The predicted molar refractivity (Wildman–Crippen MR) is 19.9 cm³/mol. The monoisotopic (exact) mass is 153 g/mol. The first-order chi connectivity index (χ1) is 2.83. The summed E-state index contributed by atoms with van der Waals surface area (Å²) < 4.78 is 0. The van der Waals surface area contributed by atoms with Crippen molar-refractivity contribution in [3.63, 3.8) is 0 Å². The van der Waals surface area contributed by atoms with Crippen LogP contribution in [0.5, 0.6) is 0 Å². The van der Waals surface area contributed by atoms with Crippen LogP contribution >= 0.6 is 0 Å². The number of carbonyl (C=O) groups excluding carboxylic acids is 3. The Morgan fingerprint density at radius 3 is 1.33 bits per heavy atom. The van der Waals surface area contributed by atoms with Crippen molar-refractivity contribution in [2.75, 3.05) is 0 Å². The Kier molecular flexibility index (Phi) is 245. The molecule has 44 valence electrons. The van der Waals surface area contributed by atoms with E-state index in [1.165, 1.54) is 0 Å². The normalized spacial score (nSPS) is 2.22. The van der Waals surface area contributed by atoms with E-state index in [2.05, 4.69) is 0 Å². The molecule has 4 nitrogen and oxygen atoms in total. The average molecular weight is 153 g/mol. The van der Waals surface area contributed by atoms with Crippen LogP contribution in [-0.4, -0.2) is 12.6 Å². The second kappa shape index (κ2) is 67.1. The Morgan fingerprint density at radius 1 is 1.33 bits per heavy atom. The number of carboxylic acid groups (broad SMARTS) is 1. The summed E-state index contributed by atoms with van der Waals surface area (Å²) in [5.41, 5.74) is 0. The van der Waals surface area contributed by atoms with Gasteiger partial charge in [0.05, 0.1) is 0 Å². The Labute approximate surface area is 99.1 Å². The second-order valence-corrected chi connectivity index (χ2v) is 0.180. The molecular weight excluding hydrogens is 146 g/mol. The van der Waals surface area contributed by atoms with Gasteiger partial charge in [0.15, 0.2) is 0 Å². The van der Waals surface area contributed by atoms with Gasteiger partial charge in [-0.2, -0.15) is 9.59 Å². The molecule has 9 heavy (non-hydrogen) atoms. The topological polar surface area (TPSA) is 74.3 Å². The van der Waals surface area contributed by atoms with Crippen molar-refractivity contribution < 1.29 is 80.0 Å². The summed E-state index contributed by atoms with van der Waals surface area (Å²) in [5, 5.41) is 8.25. The quantitative estimate of drug-likeness (QED) is 0.256. The maximum absolute atomic E-state index is 8.25. The molecule has 0 spiro atoms. The maximum atomic E-state index is 8.25. The van der Waals surface area contributed by atoms with Gasteiger partial charge >= 0.3 is 65.3 Å². The predicted octanol–water partition coefficient (Wildman–Crippen LogP) is -7.33. The molecule has 0 atom stereocenters. The van der Waals surface area contributed by atoms with E-state index in [9.17, 15) is 0 Å². The summed E-state index contributed by atoms with van der Waals surface area (Å²) in [5.74, 6) is 0. The zero-order valence-electron chi connectivity index (χ0n) is 4.71. The number of hydrogen-bond acceptors (Lipinski definition) is 4. The molecule has 0 unspecified atom stereocenters.